The number of thiazole rings is 1. The van der Waals surface area contributed by atoms with Crippen LogP contribution in [0.25, 0.3) is 26.3 Å². The van der Waals surface area contributed by atoms with E-state index in [2.05, 4.69) is 80.2 Å². The van der Waals surface area contributed by atoms with Crippen molar-refractivity contribution in [3.63, 3.8) is 0 Å². The summed E-state index contributed by atoms with van der Waals surface area (Å²) in [6.07, 6.45) is 7.85. The number of benzene rings is 2. The summed E-state index contributed by atoms with van der Waals surface area (Å²) in [4.78, 5) is 10.9. The molecule has 1 atom stereocenters. The Balaban J connectivity index is 1.58. The zero-order valence-corrected chi connectivity index (χ0v) is 20.5. The van der Waals surface area contributed by atoms with Crippen LogP contribution in [0.1, 0.15) is 43.7 Å². The summed E-state index contributed by atoms with van der Waals surface area (Å²) in [5.74, 6) is 0.522. The normalized spacial score (nSPS) is 21.0. The number of aromatic nitrogens is 1. The lowest BCUT2D eigenvalue weighted by Crippen LogP contribution is -2.31. The van der Waals surface area contributed by atoms with E-state index in [9.17, 15) is 0 Å². The molecule has 0 bridgehead atoms. The second kappa shape index (κ2) is 8.32. The van der Waals surface area contributed by atoms with Crippen LogP contribution < -0.4 is 4.90 Å². The molecule has 0 radical (unpaired) electrons. The minimum Gasteiger partial charge on any atom is -0.378 e. The number of para-hydroxylation sites is 1. The van der Waals surface area contributed by atoms with E-state index < -0.39 is 0 Å². The van der Waals surface area contributed by atoms with Gasteiger partial charge in [-0.2, -0.15) is 0 Å². The van der Waals surface area contributed by atoms with E-state index in [1.54, 1.807) is 11.3 Å². The van der Waals surface area contributed by atoms with Gasteiger partial charge >= 0.3 is 0 Å². The quantitative estimate of drug-likeness (QED) is 0.378. The van der Waals surface area contributed by atoms with Gasteiger partial charge in [-0.3, -0.25) is 0 Å². The van der Waals surface area contributed by atoms with Crippen LogP contribution in [0.2, 0.25) is 0 Å². The molecular formula is C29H29N3S. The van der Waals surface area contributed by atoms with E-state index in [0.29, 0.717) is 11.6 Å². The van der Waals surface area contributed by atoms with Gasteiger partial charge in [0.15, 0.2) is 0 Å². The van der Waals surface area contributed by atoms with Crippen LogP contribution >= 0.6 is 11.3 Å². The Bertz CT molecular complexity index is 1310. The van der Waals surface area contributed by atoms with Crippen LogP contribution in [0.15, 0.2) is 71.8 Å². The van der Waals surface area contributed by atoms with E-state index in [0.717, 1.165) is 40.1 Å². The Hall–Kier alpha value is -3.16. The Morgan fingerprint density at radius 2 is 1.85 bits per heavy atom. The molecule has 2 aromatic carbocycles. The van der Waals surface area contributed by atoms with Gasteiger partial charge in [0, 0.05) is 19.8 Å². The van der Waals surface area contributed by atoms with Crippen molar-refractivity contribution in [2.45, 2.75) is 33.1 Å². The van der Waals surface area contributed by atoms with Crippen molar-refractivity contribution in [2.24, 2.45) is 11.3 Å². The largest absolute Gasteiger partial charge is 0.378 e. The van der Waals surface area contributed by atoms with E-state index in [1.807, 2.05) is 18.2 Å². The molecule has 1 heterocycles. The fraction of sp³-hybridized carbons (Fsp3) is 0.310. The molecule has 0 spiro atoms. The highest BCUT2D eigenvalue weighted by molar-refractivity contribution is 7.19. The van der Waals surface area contributed by atoms with Crippen molar-refractivity contribution < 1.29 is 0 Å². The number of hydrogen-bond acceptors (Lipinski definition) is 3. The molecular weight excluding hydrogens is 422 g/mol. The smallest absolute Gasteiger partial charge is 0.225 e. The third kappa shape index (κ3) is 4.03. The minimum absolute atomic E-state index is 0.114. The van der Waals surface area contributed by atoms with Crippen LogP contribution in [0.5, 0.6) is 0 Å². The molecule has 0 saturated carbocycles. The van der Waals surface area contributed by atoms with Gasteiger partial charge in [0.25, 0.3) is 0 Å². The molecule has 3 aromatic rings. The van der Waals surface area contributed by atoms with Gasteiger partial charge in [-0.05, 0) is 77.1 Å². The minimum atomic E-state index is 0.114. The van der Waals surface area contributed by atoms with Crippen molar-refractivity contribution in [3.8, 4) is 0 Å². The summed E-state index contributed by atoms with van der Waals surface area (Å²) >= 11 is 1.62. The number of allylic oxidation sites excluding steroid dienone is 5. The van der Waals surface area contributed by atoms with Crippen LogP contribution in [-0.2, 0) is 0 Å². The van der Waals surface area contributed by atoms with Crippen molar-refractivity contribution >= 4 is 38.5 Å². The second-order valence-corrected chi connectivity index (χ2v) is 11.0. The number of nitrogens with zero attached hydrogens (tertiary/aromatic N) is 3. The van der Waals surface area contributed by atoms with Crippen molar-refractivity contribution in [1.29, 1.82) is 0 Å². The second-order valence-electron chi connectivity index (χ2n) is 9.98. The highest BCUT2D eigenvalue weighted by atomic mass is 32.1. The van der Waals surface area contributed by atoms with Gasteiger partial charge < -0.3 is 4.90 Å². The molecule has 0 N–H and O–H groups in total. The average molecular weight is 452 g/mol. The van der Waals surface area contributed by atoms with Crippen LogP contribution in [0, 0.1) is 17.9 Å². The third-order valence-electron chi connectivity index (χ3n) is 7.04. The Morgan fingerprint density at radius 1 is 1.09 bits per heavy atom. The van der Waals surface area contributed by atoms with Gasteiger partial charge in [0.05, 0.1) is 16.8 Å². The maximum atomic E-state index is 7.98. The van der Waals surface area contributed by atoms with E-state index in [-0.39, 0.29) is 5.41 Å². The lowest BCUT2D eigenvalue weighted by atomic mass is 9.62. The molecule has 0 aliphatic heterocycles. The first-order chi connectivity index (χ1) is 15.9. The fourth-order valence-electron chi connectivity index (χ4n) is 5.27. The monoisotopic (exact) mass is 451 g/mol. The molecule has 166 valence electrons. The molecule has 4 heteroatoms. The van der Waals surface area contributed by atoms with Gasteiger partial charge in [0.1, 0.15) is 5.01 Å². The van der Waals surface area contributed by atoms with Crippen molar-refractivity contribution in [3.05, 3.63) is 93.8 Å². The van der Waals surface area contributed by atoms with E-state index in [1.165, 1.54) is 22.4 Å². The lowest BCUT2D eigenvalue weighted by Gasteiger charge is -2.42. The van der Waals surface area contributed by atoms with Gasteiger partial charge in [-0.1, -0.05) is 50.3 Å². The summed E-state index contributed by atoms with van der Waals surface area (Å²) in [7, 11) is 4.14. The lowest BCUT2D eigenvalue weighted by molar-refractivity contribution is 0.228. The number of rotatable bonds is 3. The molecule has 3 nitrogen and oxygen atoms in total. The molecule has 0 amide bonds. The van der Waals surface area contributed by atoms with Crippen LogP contribution in [0.3, 0.4) is 0 Å². The standard InChI is InChI=1S/C29H29N3S/c1-29(2)18-22(27(30-3)28-31-25-8-6-7-9-26(25)33-28)17-21-16-20(12-15-24(21)29)19-10-13-23(14-11-19)32(4)5/h6-11,13-14,16-17,24H,12,15,18H2,1-2,4-5H3. The molecule has 1 unspecified atom stereocenters. The average Bonchev–Trinajstić information content (AvgIpc) is 3.22. The highest BCUT2D eigenvalue weighted by Gasteiger charge is 2.38. The molecule has 2 aliphatic carbocycles. The Kier molecular flexibility index (Phi) is 5.46. The third-order valence-corrected chi connectivity index (χ3v) is 8.09. The molecule has 1 aromatic heterocycles. The number of fused-ring (bicyclic) bond motifs is 2. The van der Waals surface area contributed by atoms with Crippen LogP contribution in [0.4, 0.5) is 5.69 Å². The van der Waals surface area contributed by atoms with E-state index >= 15 is 0 Å². The maximum absolute atomic E-state index is 7.98. The van der Waals surface area contributed by atoms with Gasteiger partial charge in [-0.15, -0.1) is 11.3 Å². The first-order valence-corrected chi connectivity index (χ1v) is 12.3. The summed E-state index contributed by atoms with van der Waals surface area (Å²) in [6, 6.07) is 17.0. The first-order valence-electron chi connectivity index (χ1n) is 11.5. The molecule has 5 rings (SSSR count). The SMILES string of the molecule is [C-]#[N+]C(=C1C=C2C=C(c3ccc(N(C)C)cc3)CCC2C(C)(C)C1)c1nc2ccccc2s1. The Morgan fingerprint density at radius 3 is 2.55 bits per heavy atom. The first kappa shape index (κ1) is 21.7. The zero-order valence-electron chi connectivity index (χ0n) is 19.7. The maximum Gasteiger partial charge on any atom is 0.225 e. The number of anilines is 1. The highest BCUT2D eigenvalue weighted by Crippen LogP contribution is 2.51. The summed E-state index contributed by atoms with van der Waals surface area (Å²) in [5, 5.41) is 0.839. The van der Waals surface area contributed by atoms with E-state index in [4.69, 9.17) is 11.6 Å². The predicted molar refractivity (Wildman–Crippen MR) is 141 cm³/mol. The van der Waals surface area contributed by atoms with Crippen LogP contribution in [-0.4, -0.2) is 19.1 Å². The molecule has 0 saturated heterocycles. The summed E-state index contributed by atoms with van der Waals surface area (Å²) < 4.78 is 1.14. The number of hydrogen-bond donors (Lipinski definition) is 0. The fourth-order valence-corrected chi connectivity index (χ4v) is 6.27. The van der Waals surface area contributed by atoms with Gasteiger partial charge in [-0.25, -0.2) is 9.83 Å². The molecule has 0 fully saturated rings. The summed E-state index contributed by atoms with van der Waals surface area (Å²) in [6.45, 7) is 12.7. The predicted octanol–water partition coefficient (Wildman–Crippen LogP) is 7.84. The molecule has 33 heavy (non-hydrogen) atoms. The van der Waals surface area contributed by atoms with Crippen molar-refractivity contribution in [2.75, 3.05) is 19.0 Å². The summed E-state index contributed by atoms with van der Waals surface area (Å²) in [5.41, 5.74) is 8.20. The molecule has 2 aliphatic rings. The topological polar surface area (TPSA) is 20.5 Å². The Labute approximate surface area is 200 Å². The zero-order chi connectivity index (χ0) is 23.2. The van der Waals surface area contributed by atoms with Crippen molar-refractivity contribution in [1.82, 2.24) is 4.98 Å². The van der Waals surface area contributed by atoms with Gasteiger partial charge in [0.2, 0.25) is 5.70 Å².